The highest BCUT2D eigenvalue weighted by molar-refractivity contribution is 7.09. The van der Waals surface area contributed by atoms with Crippen molar-refractivity contribution in [2.45, 2.75) is 19.1 Å². The number of methoxy groups -OCH3 is 1. The summed E-state index contributed by atoms with van der Waals surface area (Å²) < 4.78 is 14.4. The quantitative estimate of drug-likeness (QED) is 0.798. The van der Waals surface area contributed by atoms with Gasteiger partial charge in [-0.3, -0.25) is 0 Å². The molecule has 0 fully saturated rings. The molecule has 0 bridgehead atoms. The van der Waals surface area contributed by atoms with Gasteiger partial charge in [0.05, 0.1) is 12.3 Å². The van der Waals surface area contributed by atoms with Crippen molar-refractivity contribution in [3.05, 3.63) is 30.0 Å². The number of nitrogens with zero attached hydrogens (tertiary/aromatic N) is 2. The zero-order chi connectivity index (χ0) is 12.8. The molecule has 2 heterocycles. The molecule has 0 spiro atoms. The second-order valence-electron chi connectivity index (χ2n) is 3.67. The van der Waals surface area contributed by atoms with E-state index in [1.54, 1.807) is 13.4 Å². The molecule has 1 unspecified atom stereocenters. The van der Waals surface area contributed by atoms with Gasteiger partial charge < -0.3 is 19.6 Å². The maximum Gasteiger partial charge on any atom is 0.203 e. The molecule has 0 amide bonds. The molecule has 0 aliphatic rings. The van der Waals surface area contributed by atoms with Gasteiger partial charge in [0, 0.05) is 25.2 Å². The fourth-order valence-electron chi connectivity index (χ4n) is 1.55. The first kappa shape index (κ1) is 13.0. The van der Waals surface area contributed by atoms with E-state index in [-0.39, 0.29) is 12.6 Å². The minimum atomic E-state index is -0.103. The predicted molar refractivity (Wildman–Crippen MR) is 67.4 cm³/mol. The molecular formula is C11H15N3O3S. The molecule has 0 aliphatic carbocycles. The van der Waals surface area contributed by atoms with E-state index < -0.39 is 0 Å². The Labute approximate surface area is 109 Å². The van der Waals surface area contributed by atoms with E-state index in [4.69, 9.17) is 14.3 Å². The largest absolute Gasteiger partial charge is 0.467 e. The minimum Gasteiger partial charge on any atom is -0.467 e. The molecule has 0 saturated carbocycles. The SMILES string of the molecule is COCc1nsc(NC(CCO)c2ccco2)n1. The van der Waals surface area contributed by atoms with Crippen molar-refractivity contribution in [1.29, 1.82) is 0 Å². The highest BCUT2D eigenvalue weighted by Gasteiger charge is 2.15. The summed E-state index contributed by atoms with van der Waals surface area (Å²) >= 11 is 1.27. The molecule has 2 rings (SSSR count). The summed E-state index contributed by atoms with van der Waals surface area (Å²) in [5.41, 5.74) is 0. The lowest BCUT2D eigenvalue weighted by Gasteiger charge is -2.13. The van der Waals surface area contributed by atoms with Gasteiger partial charge in [0.25, 0.3) is 0 Å². The first-order valence-corrected chi connectivity index (χ1v) is 6.33. The average Bonchev–Trinajstić information content (AvgIpc) is 3.00. The van der Waals surface area contributed by atoms with Crippen molar-refractivity contribution in [1.82, 2.24) is 9.36 Å². The molecule has 0 aliphatic heterocycles. The Morgan fingerprint density at radius 1 is 1.61 bits per heavy atom. The molecule has 0 saturated heterocycles. The summed E-state index contributed by atoms with van der Waals surface area (Å²) in [6.45, 7) is 0.464. The molecule has 0 aromatic carbocycles. The van der Waals surface area contributed by atoms with Crippen LogP contribution in [0.3, 0.4) is 0 Å². The summed E-state index contributed by atoms with van der Waals surface area (Å²) in [6, 6.07) is 3.58. The lowest BCUT2D eigenvalue weighted by molar-refractivity contribution is 0.179. The van der Waals surface area contributed by atoms with Crippen LogP contribution in [0.4, 0.5) is 5.13 Å². The zero-order valence-electron chi connectivity index (χ0n) is 10.00. The Balaban J connectivity index is 2.03. The Morgan fingerprint density at radius 3 is 3.17 bits per heavy atom. The molecular weight excluding hydrogens is 254 g/mol. The van der Waals surface area contributed by atoms with E-state index in [9.17, 15) is 0 Å². The van der Waals surface area contributed by atoms with Crippen molar-refractivity contribution >= 4 is 16.7 Å². The van der Waals surface area contributed by atoms with E-state index in [2.05, 4.69) is 14.7 Å². The molecule has 7 heteroatoms. The molecule has 1 atom stereocenters. The summed E-state index contributed by atoms with van der Waals surface area (Å²) in [4.78, 5) is 4.28. The molecule has 6 nitrogen and oxygen atoms in total. The first-order chi connectivity index (χ1) is 8.83. The number of ether oxygens (including phenoxy) is 1. The third-order valence-electron chi connectivity index (χ3n) is 2.34. The van der Waals surface area contributed by atoms with Crippen LogP contribution in [0.25, 0.3) is 0 Å². The number of aromatic nitrogens is 2. The van der Waals surface area contributed by atoms with Gasteiger partial charge in [0.1, 0.15) is 12.4 Å². The highest BCUT2D eigenvalue weighted by Crippen LogP contribution is 2.24. The smallest absolute Gasteiger partial charge is 0.203 e. The fourth-order valence-corrected chi connectivity index (χ4v) is 2.18. The number of hydrogen-bond donors (Lipinski definition) is 2. The number of furan rings is 1. The van der Waals surface area contributed by atoms with Crippen LogP contribution in [0.1, 0.15) is 24.0 Å². The second kappa shape index (κ2) is 6.48. The maximum atomic E-state index is 9.07. The maximum absolute atomic E-state index is 9.07. The number of aliphatic hydroxyl groups excluding tert-OH is 1. The summed E-state index contributed by atoms with van der Waals surface area (Å²) in [5.74, 6) is 1.42. The van der Waals surface area contributed by atoms with Gasteiger partial charge in [-0.25, -0.2) is 4.98 Å². The third kappa shape index (κ3) is 3.28. The van der Waals surface area contributed by atoms with Gasteiger partial charge in [-0.1, -0.05) is 0 Å². The number of rotatable bonds is 7. The number of anilines is 1. The number of aliphatic hydroxyl groups is 1. The van der Waals surface area contributed by atoms with Crippen LogP contribution in [0.2, 0.25) is 0 Å². The van der Waals surface area contributed by atoms with Gasteiger partial charge in [-0.15, -0.1) is 0 Å². The molecule has 18 heavy (non-hydrogen) atoms. The Bertz CT molecular complexity index is 458. The van der Waals surface area contributed by atoms with Crippen molar-refractivity contribution in [2.24, 2.45) is 0 Å². The van der Waals surface area contributed by atoms with Crippen molar-refractivity contribution in [2.75, 3.05) is 19.0 Å². The predicted octanol–water partition coefficient (Wildman–Crippen LogP) is 1.81. The first-order valence-electron chi connectivity index (χ1n) is 5.55. The molecule has 0 radical (unpaired) electrons. The van der Waals surface area contributed by atoms with E-state index in [0.717, 1.165) is 5.76 Å². The van der Waals surface area contributed by atoms with Crippen LogP contribution < -0.4 is 5.32 Å². The van der Waals surface area contributed by atoms with Crippen molar-refractivity contribution < 1.29 is 14.3 Å². The zero-order valence-corrected chi connectivity index (χ0v) is 10.8. The normalized spacial score (nSPS) is 12.6. The molecule has 2 aromatic rings. The van der Waals surface area contributed by atoms with E-state index in [1.165, 1.54) is 11.5 Å². The van der Waals surface area contributed by atoms with Crippen LogP contribution >= 0.6 is 11.5 Å². The lowest BCUT2D eigenvalue weighted by Crippen LogP contribution is -2.11. The van der Waals surface area contributed by atoms with E-state index in [1.807, 2.05) is 12.1 Å². The molecule has 2 aromatic heterocycles. The Hall–Kier alpha value is -1.44. The van der Waals surface area contributed by atoms with Crippen LogP contribution in [0.5, 0.6) is 0 Å². The number of hydrogen-bond acceptors (Lipinski definition) is 7. The topological polar surface area (TPSA) is 80.4 Å². The van der Waals surface area contributed by atoms with E-state index >= 15 is 0 Å². The molecule has 98 valence electrons. The van der Waals surface area contributed by atoms with Gasteiger partial charge >= 0.3 is 0 Å². The highest BCUT2D eigenvalue weighted by atomic mass is 32.1. The van der Waals surface area contributed by atoms with Gasteiger partial charge in [-0.05, 0) is 18.6 Å². The van der Waals surface area contributed by atoms with Crippen molar-refractivity contribution in [3.8, 4) is 0 Å². The van der Waals surface area contributed by atoms with Crippen molar-refractivity contribution in [3.63, 3.8) is 0 Å². The minimum absolute atomic E-state index is 0.0715. The van der Waals surface area contributed by atoms with E-state index in [0.29, 0.717) is 24.0 Å². The van der Waals surface area contributed by atoms with Crippen LogP contribution in [-0.2, 0) is 11.3 Å². The second-order valence-corrected chi connectivity index (χ2v) is 4.43. The number of nitrogens with one attached hydrogen (secondary N) is 1. The van der Waals surface area contributed by atoms with Gasteiger partial charge in [0.2, 0.25) is 5.13 Å². The van der Waals surface area contributed by atoms with Gasteiger partial charge in [0.15, 0.2) is 5.82 Å². The summed E-state index contributed by atoms with van der Waals surface area (Å²) in [7, 11) is 1.60. The Kier molecular flexibility index (Phi) is 4.68. The van der Waals surface area contributed by atoms with Crippen LogP contribution in [0, 0.1) is 0 Å². The summed E-state index contributed by atoms with van der Waals surface area (Å²) in [6.07, 6.45) is 2.16. The van der Waals surface area contributed by atoms with Gasteiger partial charge in [-0.2, -0.15) is 4.37 Å². The average molecular weight is 269 g/mol. The Morgan fingerprint density at radius 2 is 2.50 bits per heavy atom. The summed E-state index contributed by atoms with van der Waals surface area (Å²) in [5, 5.41) is 13.0. The molecule has 2 N–H and O–H groups in total. The third-order valence-corrected chi connectivity index (χ3v) is 3.03. The standard InChI is InChI=1S/C11H15N3O3S/c1-16-7-10-13-11(18-14-10)12-8(4-5-15)9-3-2-6-17-9/h2-3,6,8,15H,4-5,7H2,1H3,(H,12,13,14). The monoisotopic (exact) mass is 269 g/mol. The van der Waals surface area contributed by atoms with Crippen LogP contribution in [0.15, 0.2) is 22.8 Å². The van der Waals surface area contributed by atoms with Crippen LogP contribution in [-0.4, -0.2) is 28.2 Å². The fraction of sp³-hybridized carbons (Fsp3) is 0.455. The lowest BCUT2D eigenvalue weighted by atomic mass is 10.1.